The zero-order chi connectivity index (χ0) is 16.6. The number of sulfone groups is 2. The molecule has 0 heterocycles. The highest BCUT2D eigenvalue weighted by Crippen LogP contribution is 2.32. The zero-order valence-electron chi connectivity index (χ0n) is 11.9. The number of hydrogen-bond acceptors (Lipinski definition) is 6. The van der Waals surface area contributed by atoms with Crippen LogP contribution in [-0.2, 0) is 19.7 Å². The molecular weight excluding hydrogens is 320 g/mol. The summed E-state index contributed by atoms with van der Waals surface area (Å²) in [5.74, 6) is -1.83. The summed E-state index contributed by atoms with van der Waals surface area (Å²) >= 11 is 0. The van der Waals surface area contributed by atoms with Crippen LogP contribution in [0.1, 0.15) is 24.2 Å². The summed E-state index contributed by atoms with van der Waals surface area (Å²) in [6.07, 6.45) is 1.24. The zero-order valence-corrected chi connectivity index (χ0v) is 13.6. The van der Waals surface area contributed by atoms with Crippen molar-refractivity contribution < 1.29 is 31.5 Å². The molecule has 1 aromatic carbocycles. The highest BCUT2D eigenvalue weighted by atomic mass is 32.2. The molecule has 9 heteroatoms. The van der Waals surface area contributed by atoms with E-state index in [4.69, 9.17) is 4.74 Å². The second-order valence-corrected chi connectivity index (χ2v) is 8.81. The van der Waals surface area contributed by atoms with Gasteiger partial charge < -0.3 is 9.84 Å². The summed E-state index contributed by atoms with van der Waals surface area (Å²) in [5.41, 5.74) is -0.507. The van der Waals surface area contributed by atoms with Gasteiger partial charge in [-0.15, -0.1) is 0 Å². The molecule has 0 fully saturated rings. The van der Waals surface area contributed by atoms with E-state index in [1.54, 1.807) is 13.8 Å². The summed E-state index contributed by atoms with van der Waals surface area (Å²) in [6, 6.07) is 1.80. The van der Waals surface area contributed by atoms with E-state index in [1.807, 2.05) is 0 Å². The fourth-order valence-corrected chi connectivity index (χ4v) is 3.16. The van der Waals surface area contributed by atoms with Gasteiger partial charge in [0.1, 0.15) is 10.5 Å². The van der Waals surface area contributed by atoms with Crippen LogP contribution < -0.4 is 4.74 Å². The fourth-order valence-electron chi connectivity index (χ4n) is 1.58. The third-order valence-electron chi connectivity index (χ3n) is 2.44. The van der Waals surface area contributed by atoms with Gasteiger partial charge in [-0.1, -0.05) is 0 Å². The first kappa shape index (κ1) is 17.4. The van der Waals surface area contributed by atoms with E-state index in [0.29, 0.717) is 0 Å². The molecule has 0 aliphatic rings. The summed E-state index contributed by atoms with van der Waals surface area (Å²) in [6.45, 7) is 3.20. The minimum absolute atomic E-state index is 0.354. The fraction of sp³-hybridized carbons (Fsp3) is 0.417. The van der Waals surface area contributed by atoms with Gasteiger partial charge in [0.15, 0.2) is 25.4 Å². The molecule has 0 unspecified atom stereocenters. The predicted octanol–water partition coefficient (Wildman–Crippen LogP) is 0.979. The summed E-state index contributed by atoms with van der Waals surface area (Å²) in [5, 5.41) is 9.19. The van der Waals surface area contributed by atoms with Crippen LogP contribution in [0.15, 0.2) is 21.9 Å². The van der Waals surface area contributed by atoms with Crippen LogP contribution in [0.2, 0.25) is 0 Å². The van der Waals surface area contributed by atoms with E-state index in [2.05, 4.69) is 0 Å². The molecule has 0 aliphatic heterocycles. The molecule has 0 spiro atoms. The smallest absolute Gasteiger partial charge is 0.339 e. The Morgan fingerprint density at radius 1 is 1.10 bits per heavy atom. The van der Waals surface area contributed by atoms with Crippen LogP contribution >= 0.6 is 0 Å². The van der Waals surface area contributed by atoms with Crippen LogP contribution in [0, 0.1) is 0 Å². The average Bonchev–Trinajstić information content (AvgIpc) is 2.24. The van der Waals surface area contributed by atoms with Crippen molar-refractivity contribution in [1.82, 2.24) is 0 Å². The molecule has 0 amide bonds. The van der Waals surface area contributed by atoms with Gasteiger partial charge in [0.25, 0.3) is 0 Å². The highest BCUT2D eigenvalue weighted by Gasteiger charge is 2.26. The van der Waals surface area contributed by atoms with E-state index in [-0.39, 0.29) is 5.75 Å². The highest BCUT2D eigenvalue weighted by molar-refractivity contribution is 7.91. The standard InChI is InChI=1S/C12H16O7S2/c1-7(2)19-11-9(12(13)14)5-8(20(3,15)16)6-10(11)21(4,17)18/h5-7H,1-4H3,(H,13,14). The average molecular weight is 336 g/mol. The monoisotopic (exact) mass is 336 g/mol. The number of carboxylic acid groups (broad SMARTS) is 1. The Labute approximate surface area is 123 Å². The molecule has 7 nitrogen and oxygen atoms in total. The quantitative estimate of drug-likeness (QED) is 0.852. The lowest BCUT2D eigenvalue weighted by molar-refractivity contribution is 0.0689. The molecule has 1 aromatic rings. The lowest BCUT2D eigenvalue weighted by atomic mass is 10.2. The van der Waals surface area contributed by atoms with E-state index in [0.717, 1.165) is 24.6 Å². The summed E-state index contributed by atoms with van der Waals surface area (Å²) in [7, 11) is -7.64. The minimum Gasteiger partial charge on any atom is -0.489 e. The molecule has 1 N–H and O–H groups in total. The van der Waals surface area contributed by atoms with Crippen molar-refractivity contribution in [3.63, 3.8) is 0 Å². The van der Waals surface area contributed by atoms with Crippen molar-refractivity contribution in [3.8, 4) is 5.75 Å². The maximum absolute atomic E-state index is 11.8. The Balaban J connectivity index is 3.88. The summed E-state index contributed by atoms with van der Waals surface area (Å²) < 4.78 is 52.1. The number of carboxylic acids is 1. The molecule has 21 heavy (non-hydrogen) atoms. The van der Waals surface area contributed by atoms with Gasteiger partial charge in [0.2, 0.25) is 0 Å². The van der Waals surface area contributed by atoms with Gasteiger partial charge >= 0.3 is 5.97 Å². The number of aromatic carboxylic acids is 1. The first-order valence-electron chi connectivity index (χ1n) is 5.82. The molecular formula is C12H16O7S2. The van der Waals surface area contributed by atoms with Crippen LogP contribution in [0.5, 0.6) is 5.75 Å². The normalized spacial score (nSPS) is 12.4. The van der Waals surface area contributed by atoms with Crippen LogP contribution in [0.25, 0.3) is 0 Å². The van der Waals surface area contributed by atoms with Crippen molar-refractivity contribution in [2.75, 3.05) is 12.5 Å². The summed E-state index contributed by atoms with van der Waals surface area (Å²) in [4.78, 5) is 10.4. The predicted molar refractivity (Wildman–Crippen MR) is 75.4 cm³/mol. The van der Waals surface area contributed by atoms with Crippen molar-refractivity contribution in [2.24, 2.45) is 0 Å². The largest absolute Gasteiger partial charge is 0.489 e. The SMILES string of the molecule is CC(C)Oc1c(C(=O)O)cc(S(C)(=O)=O)cc1S(C)(=O)=O. The Morgan fingerprint density at radius 3 is 1.95 bits per heavy atom. The maximum atomic E-state index is 11.8. The van der Waals surface area contributed by atoms with E-state index in [1.165, 1.54) is 0 Å². The lowest BCUT2D eigenvalue weighted by Crippen LogP contribution is -2.15. The number of rotatable bonds is 5. The first-order valence-corrected chi connectivity index (χ1v) is 9.60. The molecule has 0 radical (unpaired) electrons. The van der Waals surface area contributed by atoms with Crippen molar-refractivity contribution in [3.05, 3.63) is 17.7 Å². The topological polar surface area (TPSA) is 115 Å². The van der Waals surface area contributed by atoms with Crippen LogP contribution in [-0.4, -0.2) is 46.5 Å². The molecule has 0 bridgehead atoms. The Kier molecular flexibility index (Phi) is 4.69. The van der Waals surface area contributed by atoms with Gasteiger partial charge in [-0.05, 0) is 26.0 Å². The Morgan fingerprint density at radius 2 is 1.62 bits per heavy atom. The molecule has 0 saturated heterocycles. The Bertz CT molecular complexity index is 774. The number of benzene rings is 1. The maximum Gasteiger partial charge on any atom is 0.339 e. The van der Waals surface area contributed by atoms with Gasteiger partial charge in [0.05, 0.1) is 11.0 Å². The second kappa shape index (κ2) is 5.64. The molecule has 118 valence electrons. The third-order valence-corrected chi connectivity index (χ3v) is 4.63. The minimum atomic E-state index is -3.87. The van der Waals surface area contributed by atoms with Gasteiger partial charge in [-0.3, -0.25) is 0 Å². The van der Waals surface area contributed by atoms with Gasteiger partial charge in [-0.2, -0.15) is 0 Å². The van der Waals surface area contributed by atoms with E-state index in [9.17, 15) is 26.7 Å². The van der Waals surface area contributed by atoms with Crippen molar-refractivity contribution >= 4 is 25.6 Å². The number of ether oxygens (including phenoxy) is 1. The lowest BCUT2D eigenvalue weighted by Gasteiger charge is -2.17. The number of hydrogen-bond donors (Lipinski definition) is 1. The van der Waals surface area contributed by atoms with Gasteiger partial charge in [-0.25, -0.2) is 21.6 Å². The molecule has 1 rings (SSSR count). The van der Waals surface area contributed by atoms with Crippen molar-refractivity contribution in [2.45, 2.75) is 29.7 Å². The molecule has 0 atom stereocenters. The second-order valence-electron chi connectivity index (χ2n) is 4.81. The van der Waals surface area contributed by atoms with Crippen LogP contribution in [0.3, 0.4) is 0 Å². The third kappa shape index (κ3) is 4.18. The molecule has 0 aliphatic carbocycles. The number of carbonyl (C=O) groups is 1. The van der Waals surface area contributed by atoms with E-state index >= 15 is 0 Å². The first-order chi connectivity index (χ1) is 9.34. The van der Waals surface area contributed by atoms with Gasteiger partial charge in [0, 0.05) is 12.5 Å². The van der Waals surface area contributed by atoms with Crippen molar-refractivity contribution in [1.29, 1.82) is 0 Å². The molecule has 0 aromatic heterocycles. The van der Waals surface area contributed by atoms with E-state index < -0.39 is 47.1 Å². The Hall–Kier alpha value is -1.61. The molecule has 0 saturated carbocycles. The van der Waals surface area contributed by atoms with Crippen LogP contribution in [0.4, 0.5) is 0 Å².